The minimum atomic E-state index is -4.31. The highest BCUT2D eigenvalue weighted by atomic mass is 127. The number of halogens is 4. The van der Waals surface area contributed by atoms with Gasteiger partial charge in [0.05, 0.1) is 6.61 Å². The summed E-state index contributed by atoms with van der Waals surface area (Å²) in [6.45, 7) is -0.0191. The molecule has 1 aromatic heterocycles. The van der Waals surface area contributed by atoms with Gasteiger partial charge < -0.3 is 15.4 Å². The molecule has 0 spiro atoms. The average molecular weight is 513 g/mol. The zero-order valence-corrected chi connectivity index (χ0v) is 18.0. The van der Waals surface area contributed by atoms with Crippen LogP contribution >= 0.6 is 35.3 Å². The summed E-state index contributed by atoms with van der Waals surface area (Å²) in [6.07, 6.45) is -3.38. The van der Waals surface area contributed by atoms with Crippen molar-refractivity contribution < 1.29 is 17.9 Å². The molecule has 9 heteroatoms. The van der Waals surface area contributed by atoms with Crippen LogP contribution in [0.2, 0.25) is 0 Å². The molecule has 1 heterocycles. The van der Waals surface area contributed by atoms with Gasteiger partial charge in [-0.1, -0.05) is 30.3 Å². The lowest BCUT2D eigenvalue weighted by molar-refractivity contribution is -0.176. The predicted molar refractivity (Wildman–Crippen MR) is 114 cm³/mol. The quantitative estimate of drug-likeness (QED) is 0.314. The molecule has 0 amide bonds. The van der Waals surface area contributed by atoms with E-state index in [1.165, 1.54) is 4.88 Å². The minimum absolute atomic E-state index is 0. The van der Waals surface area contributed by atoms with E-state index in [9.17, 15) is 13.2 Å². The highest BCUT2D eigenvalue weighted by Gasteiger charge is 2.27. The van der Waals surface area contributed by atoms with E-state index in [4.69, 9.17) is 4.74 Å². The third kappa shape index (κ3) is 9.96. The Balaban J connectivity index is 0.00000364. The average Bonchev–Trinajstić information content (AvgIpc) is 3.10. The monoisotopic (exact) mass is 513 g/mol. The van der Waals surface area contributed by atoms with Gasteiger partial charge in [0.15, 0.2) is 5.96 Å². The van der Waals surface area contributed by atoms with Crippen LogP contribution in [0.1, 0.15) is 16.0 Å². The Bertz CT molecular complexity index is 693. The van der Waals surface area contributed by atoms with Crippen LogP contribution in [0.3, 0.4) is 0 Å². The van der Waals surface area contributed by atoms with Crippen molar-refractivity contribution in [2.24, 2.45) is 4.99 Å². The van der Waals surface area contributed by atoms with Crippen molar-refractivity contribution in [3.63, 3.8) is 0 Å². The second kappa shape index (κ2) is 12.2. The van der Waals surface area contributed by atoms with Crippen molar-refractivity contribution in [3.8, 4) is 0 Å². The Labute approximate surface area is 178 Å². The number of thiophene rings is 1. The van der Waals surface area contributed by atoms with E-state index >= 15 is 0 Å². The Hall–Kier alpha value is -1.33. The van der Waals surface area contributed by atoms with Crippen molar-refractivity contribution in [3.05, 3.63) is 57.8 Å². The van der Waals surface area contributed by atoms with Crippen molar-refractivity contribution in [2.75, 3.05) is 20.2 Å². The highest BCUT2D eigenvalue weighted by Crippen LogP contribution is 2.16. The summed E-state index contributed by atoms with van der Waals surface area (Å²) in [5, 5.41) is 8.48. The molecule has 0 saturated carbocycles. The number of alkyl halides is 3. The van der Waals surface area contributed by atoms with Gasteiger partial charge in [-0.15, -0.1) is 35.3 Å². The van der Waals surface area contributed by atoms with Gasteiger partial charge >= 0.3 is 6.18 Å². The number of ether oxygens (including phenoxy) is 1. The van der Waals surface area contributed by atoms with Gasteiger partial charge in [-0.05, 0) is 29.0 Å². The number of nitrogens with zero attached hydrogens (tertiary/aromatic N) is 1. The molecule has 1 aromatic carbocycles. The molecule has 2 rings (SSSR count). The van der Waals surface area contributed by atoms with E-state index in [-0.39, 0.29) is 30.6 Å². The summed E-state index contributed by atoms with van der Waals surface area (Å²) in [5.41, 5.74) is 1.65. The number of nitrogens with one attached hydrogen (secondary N) is 2. The third-order valence-electron chi connectivity index (χ3n) is 3.45. The SMILES string of the molecule is CN=C(NCCc1cccs1)NCc1cccc(COCC(F)(F)F)c1.I. The van der Waals surface area contributed by atoms with Crippen LogP contribution in [0.5, 0.6) is 0 Å². The van der Waals surface area contributed by atoms with Crippen molar-refractivity contribution in [2.45, 2.75) is 25.7 Å². The van der Waals surface area contributed by atoms with Gasteiger partial charge in [-0.2, -0.15) is 13.2 Å². The third-order valence-corrected chi connectivity index (χ3v) is 4.39. The molecule has 0 fully saturated rings. The van der Waals surface area contributed by atoms with Crippen molar-refractivity contribution in [1.82, 2.24) is 10.6 Å². The molecular weight excluding hydrogens is 490 g/mol. The van der Waals surface area contributed by atoms with Crippen LogP contribution in [-0.2, 0) is 24.3 Å². The van der Waals surface area contributed by atoms with Crippen LogP contribution in [-0.4, -0.2) is 32.3 Å². The molecule has 0 radical (unpaired) electrons. The van der Waals surface area contributed by atoms with E-state index in [1.807, 2.05) is 23.6 Å². The first kappa shape index (κ1) is 23.7. The van der Waals surface area contributed by atoms with E-state index in [0.717, 1.165) is 18.5 Å². The van der Waals surface area contributed by atoms with Gasteiger partial charge in [0.2, 0.25) is 0 Å². The van der Waals surface area contributed by atoms with Crippen LogP contribution < -0.4 is 10.6 Å². The maximum absolute atomic E-state index is 12.1. The van der Waals surface area contributed by atoms with Crippen LogP contribution in [0, 0.1) is 0 Å². The summed E-state index contributed by atoms with van der Waals surface area (Å²) >= 11 is 1.72. The van der Waals surface area contributed by atoms with Crippen LogP contribution in [0.25, 0.3) is 0 Å². The first-order valence-corrected chi connectivity index (χ1v) is 9.03. The molecule has 4 nitrogen and oxygen atoms in total. The first-order valence-electron chi connectivity index (χ1n) is 8.15. The fourth-order valence-electron chi connectivity index (χ4n) is 2.28. The second-order valence-electron chi connectivity index (χ2n) is 5.61. The number of hydrogen-bond donors (Lipinski definition) is 2. The topological polar surface area (TPSA) is 45.7 Å². The largest absolute Gasteiger partial charge is 0.411 e. The number of hydrogen-bond acceptors (Lipinski definition) is 3. The fraction of sp³-hybridized carbons (Fsp3) is 0.389. The molecule has 0 bridgehead atoms. The van der Waals surface area contributed by atoms with Gasteiger partial charge in [-0.25, -0.2) is 0 Å². The van der Waals surface area contributed by atoms with Gasteiger partial charge in [0.1, 0.15) is 6.61 Å². The Morgan fingerprint density at radius 3 is 2.59 bits per heavy atom. The fourth-order valence-corrected chi connectivity index (χ4v) is 2.99. The normalized spacial score (nSPS) is 11.8. The number of aliphatic imine (C=N–C) groups is 1. The molecule has 0 aliphatic rings. The number of benzene rings is 1. The Kier molecular flexibility index (Phi) is 10.7. The maximum atomic E-state index is 12.1. The van der Waals surface area contributed by atoms with E-state index in [1.54, 1.807) is 30.5 Å². The minimum Gasteiger partial charge on any atom is -0.367 e. The zero-order valence-electron chi connectivity index (χ0n) is 14.9. The first-order chi connectivity index (χ1) is 12.5. The standard InChI is InChI=1S/C18H22F3N3OS.HI/c1-22-17(23-8-7-16-6-3-9-26-16)24-11-14-4-2-5-15(10-14)12-25-13-18(19,20)21;/h2-6,9-10H,7-8,11-13H2,1H3,(H2,22,23,24);1H. The summed E-state index contributed by atoms with van der Waals surface area (Å²) in [7, 11) is 1.70. The molecule has 2 aromatic rings. The Morgan fingerprint density at radius 2 is 1.93 bits per heavy atom. The highest BCUT2D eigenvalue weighted by molar-refractivity contribution is 14.0. The number of rotatable bonds is 8. The van der Waals surface area contributed by atoms with Crippen molar-refractivity contribution in [1.29, 1.82) is 0 Å². The molecular formula is C18H23F3IN3OS. The molecule has 0 atom stereocenters. The van der Waals surface area contributed by atoms with Crippen LogP contribution in [0.15, 0.2) is 46.8 Å². The molecule has 0 aliphatic heterocycles. The lowest BCUT2D eigenvalue weighted by Crippen LogP contribution is -2.37. The van der Waals surface area contributed by atoms with Gasteiger partial charge in [0, 0.05) is 25.0 Å². The molecule has 27 heavy (non-hydrogen) atoms. The lowest BCUT2D eigenvalue weighted by Gasteiger charge is -2.12. The van der Waals surface area contributed by atoms with Crippen LogP contribution in [0.4, 0.5) is 13.2 Å². The van der Waals surface area contributed by atoms with Gasteiger partial charge in [-0.3, -0.25) is 4.99 Å². The second-order valence-corrected chi connectivity index (χ2v) is 6.64. The molecule has 150 valence electrons. The summed E-state index contributed by atoms with van der Waals surface area (Å²) in [4.78, 5) is 5.47. The summed E-state index contributed by atoms with van der Waals surface area (Å²) in [5.74, 6) is 0.681. The molecule has 0 aliphatic carbocycles. The maximum Gasteiger partial charge on any atom is 0.411 e. The van der Waals surface area contributed by atoms with Crippen molar-refractivity contribution >= 4 is 41.3 Å². The van der Waals surface area contributed by atoms with E-state index < -0.39 is 12.8 Å². The Morgan fingerprint density at radius 1 is 1.15 bits per heavy atom. The smallest absolute Gasteiger partial charge is 0.367 e. The van der Waals surface area contributed by atoms with E-state index in [0.29, 0.717) is 18.1 Å². The summed E-state index contributed by atoms with van der Waals surface area (Å²) < 4.78 is 41.1. The zero-order chi connectivity index (χ0) is 18.8. The van der Waals surface area contributed by atoms with Gasteiger partial charge in [0.25, 0.3) is 0 Å². The lowest BCUT2D eigenvalue weighted by atomic mass is 10.1. The summed E-state index contributed by atoms with van der Waals surface area (Å²) in [6, 6.07) is 11.4. The number of guanidine groups is 1. The molecule has 0 saturated heterocycles. The van der Waals surface area contributed by atoms with E-state index in [2.05, 4.69) is 21.7 Å². The predicted octanol–water partition coefficient (Wildman–Crippen LogP) is 4.35. The molecule has 2 N–H and O–H groups in total. The molecule has 0 unspecified atom stereocenters.